The third kappa shape index (κ3) is 2.12. The van der Waals surface area contributed by atoms with E-state index in [4.69, 9.17) is 16.3 Å². The van der Waals surface area contributed by atoms with Crippen LogP contribution in [0.15, 0.2) is 12.1 Å². The first-order valence-corrected chi connectivity index (χ1v) is 7.27. The lowest BCUT2D eigenvalue weighted by atomic mass is 10.2. The van der Waals surface area contributed by atoms with Crippen molar-refractivity contribution in [3.8, 4) is 0 Å². The molecule has 3 nitrogen and oxygen atoms in total. The molecule has 0 bridgehead atoms. The van der Waals surface area contributed by atoms with Crippen LogP contribution in [0.1, 0.15) is 25.5 Å². The summed E-state index contributed by atoms with van der Waals surface area (Å²) in [6.07, 6.45) is 2.97. The largest absolute Gasteiger partial charge is 0.356 e. The van der Waals surface area contributed by atoms with Gasteiger partial charge in [0.05, 0.1) is 15.9 Å². The highest BCUT2D eigenvalue weighted by Crippen LogP contribution is 2.33. The maximum Gasteiger partial charge on any atom is 0.150 e. The molecular weight excluding hydrogens is 370 g/mol. The van der Waals surface area contributed by atoms with Crippen molar-refractivity contribution < 1.29 is 9.13 Å². The maximum absolute atomic E-state index is 13.5. The lowest BCUT2D eigenvalue weighted by Gasteiger charge is -2.23. The van der Waals surface area contributed by atoms with Crippen LogP contribution in [-0.2, 0) is 4.74 Å². The van der Waals surface area contributed by atoms with Crippen LogP contribution in [0.25, 0.3) is 10.9 Å². The Morgan fingerprint density at radius 3 is 3.00 bits per heavy atom. The first-order valence-electron chi connectivity index (χ1n) is 5.81. The fourth-order valence-corrected chi connectivity index (χ4v) is 3.53. The van der Waals surface area contributed by atoms with Gasteiger partial charge in [0, 0.05) is 12.7 Å². The molecule has 96 valence electrons. The summed E-state index contributed by atoms with van der Waals surface area (Å²) in [5.74, 6) is -0.346. The molecule has 2 heterocycles. The van der Waals surface area contributed by atoms with Gasteiger partial charge in [-0.3, -0.25) is 0 Å². The smallest absolute Gasteiger partial charge is 0.150 e. The van der Waals surface area contributed by atoms with E-state index in [2.05, 4.69) is 27.7 Å². The van der Waals surface area contributed by atoms with Gasteiger partial charge >= 0.3 is 0 Å². The number of hydrogen-bond acceptors (Lipinski definition) is 2. The molecular formula is C12H11ClFIN2O. The van der Waals surface area contributed by atoms with Gasteiger partial charge in [-0.1, -0.05) is 11.6 Å². The van der Waals surface area contributed by atoms with E-state index in [0.29, 0.717) is 10.5 Å². The standard InChI is InChI=1S/C12H11ClFIN2O/c13-8-5-7(14)6-9-11(8)12(15)16-17(9)10-3-1-2-4-18-10/h5-6,10H,1-4H2. The number of rotatable bonds is 1. The minimum Gasteiger partial charge on any atom is -0.356 e. The Morgan fingerprint density at radius 2 is 2.28 bits per heavy atom. The van der Waals surface area contributed by atoms with E-state index >= 15 is 0 Å². The zero-order chi connectivity index (χ0) is 12.7. The summed E-state index contributed by atoms with van der Waals surface area (Å²) in [5.41, 5.74) is 0.705. The van der Waals surface area contributed by atoms with Crippen LogP contribution in [-0.4, -0.2) is 16.4 Å². The zero-order valence-corrected chi connectivity index (χ0v) is 12.4. The molecule has 0 N–H and O–H groups in total. The van der Waals surface area contributed by atoms with E-state index in [1.807, 2.05) is 0 Å². The molecule has 1 aromatic carbocycles. The van der Waals surface area contributed by atoms with Gasteiger partial charge < -0.3 is 4.74 Å². The van der Waals surface area contributed by atoms with Crippen LogP contribution >= 0.6 is 34.2 Å². The molecule has 1 atom stereocenters. The highest BCUT2D eigenvalue weighted by atomic mass is 127. The van der Waals surface area contributed by atoms with Gasteiger partial charge in [-0.15, -0.1) is 0 Å². The van der Waals surface area contributed by atoms with Crippen LogP contribution in [0.5, 0.6) is 0 Å². The predicted molar refractivity (Wildman–Crippen MR) is 76.3 cm³/mol. The Morgan fingerprint density at radius 1 is 1.44 bits per heavy atom. The third-order valence-electron chi connectivity index (χ3n) is 3.11. The van der Waals surface area contributed by atoms with Crippen LogP contribution < -0.4 is 0 Å². The highest BCUT2D eigenvalue weighted by molar-refractivity contribution is 14.1. The topological polar surface area (TPSA) is 27.1 Å². The van der Waals surface area contributed by atoms with Crippen molar-refractivity contribution >= 4 is 45.1 Å². The Hall–Kier alpha value is -0.400. The second-order valence-electron chi connectivity index (χ2n) is 4.34. The van der Waals surface area contributed by atoms with Crippen LogP contribution in [0.3, 0.4) is 0 Å². The van der Waals surface area contributed by atoms with Gasteiger partial charge in [-0.2, -0.15) is 5.10 Å². The molecule has 6 heteroatoms. The van der Waals surface area contributed by atoms with E-state index in [1.165, 1.54) is 12.1 Å². The number of ether oxygens (including phenoxy) is 1. The second kappa shape index (κ2) is 4.94. The van der Waals surface area contributed by atoms with E-state index in [1.54, 1.807) is 4.68 Å². The minimum atomic E-state index is -0.346. The van der Waals surface area contributed by atoms with Gasteiger partial charge in [0.15, 0.2) is 6.23 Å². The summed E-state index contributed by atoms with van der Waals surface area (Å²) in [4.78, 5) is 0. The summed E-state index contributed by atoms with van der Waals surface area (Å²) in [6, 6.07) is 2.79. The monoisotopic (exact) mass is 380 g/mol. The van der Waals surface area contributed by atoms with Crippen molar-refractivity contribution in [3.63, 3.8) is 0 Å². The SMILES string of the molecule is Fc1cc(Cl)c2c(I)nn(C3CCCCO3)c2c1. The summed E-state index contributed by atoms with van der Waals surface area (Å²) in [6.45, 7) is 0.728. The molecule has 2 aromatic rings. The summed E-state index contributed by atoms with van der Waals surface area (Å²) >= 11 is 8.20. The normalized spacial score (nSPS) is 20.5. The Bertz CT molecular complexity index is 595. The lowest BCUT2D eigenvalue weighted by Crippen LogP contribution is -2.19. The maximum atomic E-state index is 13.5. The predicted octanol–water partition coefficient (Wildman–Crippen LogP) is 4.13. The molecule has 1 saturated heterocycles. The number of aromatic nitrogens is 2. The van der Waals surface area contributed by atoms with Gasteiger partial charge in [-0.05, 0) is 47.9 Å². The highest BCUT2D eigenvalue weighted by Gasteiger charge is 2.22. The van der Waals surface area contributed by atoms with Crippen molar-refractivity contribution in [1.82, 2.24) is 9.78 Å². The first kappa shape index (κ1) is 12.6. The molecule has 18 heavy (non-hydrogen) atoms. The van der Waals surface area contributed by atoms with Gasteiger partial charge in [0.25, 0.3) is 0 Å². The average molecular weight is 381 g/mol. The molecule has 1 aromatic heterocycles. The molecule has 0 amide bonds. The molecule has 0 spiro atoms. The van der Waals surface area contributed by atoms with Crippen molar-refractivity contribution in [2.24, 2.45) is 0 Å². The molecule has 0 saturated carbocycles. The number of fused-ring (bicyclic) bond motifs is 1. The molecule has 3 rings (SSSR count). The Labute approximate surface area is 122 Å². The number of hydrogen-bond donors (Lipinski definition) is 0. The number of benzene rings is 1. The van der Waals surface area contributed by atoms with Crippen LogP contribution in [0.2, 0.25) is 5.02 Å². The van der Waals surface area contributed by atoms with E-state index < -0.39 is 0 Å². The van der Waals surface area contributed by atoms with E-state index in [9.17, 15) is 4.39 Å². The molecule has 0 radical (unpaired) electrons. The fraction of sp³-hybridized carbons (Fsp3) is 0.417. The average Bonchev–Trinajstić information content (AvgIpc) is 2.67. The van der Waals surface area contributed by atoms with E-state index in [-0.39, 0.29) is 12.0 Å². The fourth-order valence-electron chi connectivity index (χ4n) is 2.28. The van der Waals surface area contributed by atoms with Crippen molar-refractivity contribution in [2.45, 2.75) is 25.5 Å². The molecule has 1 fully saturated rings. The van der Waals surface area contributed by atoms with Crippen LogP contribution in [0.4, 0.5) is 4.39 Å². The molecule has 1 aliphatic rings. The Kier molecular flexibility index (Phi) is 3.46. The van der Waals surface area contributed by atoms with Crippen molar-refractivity contribution in [1.29, 1.82) is 0 Å². The van der Waals surface area contributed by atoms with Gasteiger partial charge in [0.1, 0.15) is 9.52 Å². The molecule has 1 unspecified atom stereocenters. The molecule has 1 aliphatic heterocycles. The number of nitrogens with zero attached hydrogens (tertiary/aromatic N) is 2. The lowest BCUT2D eigenvalue weighted by molar-refractivity contribution is -0.0368. The van der Waals surface area contributed by atoms with Crippen LogP contribution in [0, 0.1) is 9.52 Å². The summed E-state index contributed by atoms with van der Waals surface area (Å²) < 4.78 is 21.7. The first-order chi connectivity index (χ1) is 8.66. The number of halogens is 3. The van der Waals surface area contributed by atoms with Gasteiger partial charge in [0.2, 0.25) is 0 Å². The van der Waals surface area contributed by atoms with E-state index in [0.717, 1.165) is 35.0 Å². The van der Waals surface area contributed by atoms with Gasteiger partial charge in [-0.25, -0.2) is 9.07 Å². The minimum absolute atomic E-state index is 0.109. The Balaban J connectivity index is 2.17. The van der Waals surface area contributed by atoms with Crippen molar-refractivity contribution in [2.75, 3.05) is 6.61 Å². The summed E-state index contributed by atoms with van der Waals surface area (Å²) in [7, 11) is 0. The van der Waals surface area contributed by atoms with Crippen molar-refractivity contribution in [3.05, 3.63) is 26.7 Å². The second-order valence-corrected chi connectivity index (χ2v) is 5.77. The molecule has 0 aliphatic carbocycles. The zero-order valence-electron chi connectivity index (χ0n) is 9.50. The third-order valence-corrected chi connectivity index (χ3v) is 4.16. The summed E-state index contributed by atoms with van der Waals surface area (Å²) in [5, 5.41) is 5.64. The quantitative estimate of drug-likeness (QED) is 0.696.